The number of rotatable bonds is 2. The zero-order valence-electron chi connectivity index (χ0n) is 3.34. The highest BCUT2D eigenvalue weighted by Gasteiger charge is 1.93. The minimum atomic E-state index is -0.954. The van der Waals surface area contributed by atoms with Gasteiger partial charge in [-0.15, -0.1) is 11.8 Å². The fourth-order valence-corrected chi connectivity index (χ4v) is 0.144. The highest BCUT2D eigenvalue weighted by molar-refractivity contribution is 7.99. The Morgan fingerprint density at radius 2 is 2.50 bits per heavy atom. The van der Waals surface area contributed by atoms with Crippen LogP contribution in [0.15, 0.2) is 0 Å². The summed E-state index contributed by atoms with van der Waals surface area (Å²) in [4.78, 5) is 9.34. The lowest BCUT2D eigenvalue weighted by molar-refractivity contribution is 0.316. The molecule has 0 spiro atoms. The quantitative estimate of drug-likeness (QED) is 0.493. The Labute approximate surface area is 40.5 Å². The van der Waals surface area contributed by atoms with E-state index >= 15 is 0 Å². The first-order valence-corrected chi connectivity index (χ1v) is 2.68. The maximum Gasteiger partial charge on any atom is 0.240 e. The molecule has 0 saturated heterocycles. The van der Waals surface area contributed by atoms with Crippen LogP contribution in [0, 0.1) is 0 Å². The second-order valence-corrected chi connectivity index (χ2v) is 1.62. The van der Waals surface area contributed by atoms with Gasteiger partial charge in [0.2, 0.25) is 6.29 Å². The molecule has 1 unspecified atom stereocenters. The number of hydrogen-bond donors (Lipinski definition) is 1. The fourth-order valence-electron chi connectivity index (χ4n) is 0.0481. The molecular formula is C3H5O2S. The van der Waals surface area contributed by atoms with E-state index in [0.717, 1.165) is 11.8 Å². The van der Waals surface area contributed by atoms with Crippen LogP contribution in [0.2, 0.25) is 0 Å². The first kappa shape index (κ1) is 5.98. The Balaban J connectivity index is 2.96. The van der Waals surface area contributed by atoms with Gasteiger partial charge in [0.25, 0.3) is 0 Å². The molecule has 0 fully saturated rings. The predicted molar refractivity (Wildman–Crippen MR) is 25.2 cm³/mol. The smallest absolute Gasteiger partial charge is 0.240 e. The summed E-state index contributed by atoms with van der Waals surface area (Å²) in [6, 6.07) is 0. The molecule has 0 heterocycles. The molecule has 0 aliphatic carbocycles. The van der Waals surface area contributed by atoms with Crippen LogP contribution in [-0.4, -0.2) is 23.1 Å². The molecule has 0 rings (SSSR count). The third-order valence-corrected chi connectivity index (χ3v) is 0.867. The minimum Gasteiger partial charge on any atom is -0.374 e. The van der Waals surface area contributed by atoms with E-state index in [9.17, 15) is 4.79 Å². The molecular weight excluding hydrogens is 100 g/mol. The van der Waals surface area contributed by atoms with Crippen molar-refractivity contribution in [3.63, 3.8) is 0 Å². The van der Waals surface area contributed by atoms with Crippen LogP contribution in [0.4, 0.5) is 0 Å². The van der Waals surface area contributed by atoms with Crippen molar-refractivity contribution in [2.45, 2.75) is 5.44 Å². The maximum atomic E-state index is 9.34. The van der Waals surface area contributed by atoms with Crippen molar-refractivity contribution in [2.24, 2.45) is 0 Å². The van der Waals surface area contributed by atoms with Crippen molar-refractivity contribution < 1.29 is 9.90 Å². The number of carbonyl (C=O) groups excluding carboxylic acids is 1. The number of aliphatic hydroxyl groups excluding tert-OH is 1. The SMILES string of the molecule is CSC(O)[C]=O. The van der Waals surface area contributed by atoms with Crippen LogP contribution in [-0.2, 0) is 4.79 Å². The molecule has 0 saturated carbocycles. The zero-order valence-corrected chi connectivity index (χ0v) is 4.16. The molecule has 0 bridgehead atoms. The molecule has 1 atom stereocenters. The molecule has 0 aromatic carbocycles. The van der Waals surface area contributed by atoms with Gasteiger partial charge in [0.1, 0.15) is 0 Å². The molecule has 2 nitrogen and oxygen atoms in total. The highest BCUT2D eigenvalue weighted by Crippen LogP contribution is 1.95. The van der Waals surface area contributed by atoms with Crippen LogP contribution < -0.4 is 0 Å². The first-order valence-electron chi connectivity index (χ1n) is 1.39. The third-order valence-electron chi connectivity index (χ3n) is 0.324. The molecule has 0 amide bonds. The second kappa shape index (κ2) is 3.18. The summed E-state index contributed by atoms with van der Waals surface area (Å²) in [5.41, 5.74) is -0.954. The molecule has 0 aliphatic rings. The molecule has 1 radical (unpaired) electrons. The molecule has 0 aromatic heterocycles. The largest absolute Gasteiger partial charge is 0.374 e. The van der Waals surface area contributed by atoms with E-state index in [1.54, 1.807) is 6.26 Å². The predicted octanol–water partition coefficient (Wildman–Crippen LogP) is -0.223. The number of hydrogen-bond acceptors (Lipinski definition) is 3. The van der Waals surface area contributed by atoms with Crippen LogP contribution in [0.1, 0.15) is 0 Å². The first-order chi connectivity index (χ1) is 2.81. The zero-order chi connectivity index (χ0) is 4.99. The van der Waals surface area contributed by atoms with E-state index < -0.39 is 5.44 Å². The van der Waals surface area contributed by atoms with Gasteiger partial charge in [-0.2, -0.15) is 0 Å². The van der Waals surface area contributed by atoms with Gasteiger partial charge in [-0.05, 0) is 6.26 Å². The van der Waals surface area contributed by atoms with Gasteiger partial charge in [-0.25, -0.2) is 0 Å². The Morgan fingerprint density at radius 3 is 2.50 bits per heavy atom. The summed E-state index contributed by atoms with van der Waals surface area (Å²) in [5.74, 6) is 0. The van der Waals surface area contributed by atoms with Crippen LogP contribution >= 0.6 is 11.8 Å². The van der Waals surface area contributed by atoms with Crippen LogP contribution in [0.25, 0.3) is 0 Å². The molecule has 0 aromatic rings. The lowest BCUT2D eigenvalue weighted by Gasteiger charge is -1.88. The molecule has 0 aliphatic heterocycles. The van der Waals surface area contributed by atoms with Crippen molar-refractivity contribution in [3.05, 3.63) is 0 Å². The van der Waals surface area contributed by atoms with E-state index in [-0.39, 0.29) is 0 Å². The van der Waals surface area contributed by atoms with Crippen molar-refractivity contribution in [2.75, 3.05) is 6.26 Å². The molecule has 35 valence electrons. The third kappa shape index (κ3) is 2.23. The summed E-state index contributed by atoms with van der Waals surface area (Å²) in [6.07, 6.45) is 3.02. The Morgan fingerprint density at radius 1 is 2.00 bits per heavy atom. The van der Waals surface area contributed by atoms with Crippen molar-refractivity contribution in [3.8, 4) is 0 Å². The lowest BCUT2D eigenvalue weighted by Crippen LogP contribution is -1.98. The van der Waals surface area contributed by atoms with E-state index in [1.807, 2.05) is 0 Å². The van der Waals surface area contributed by atoms with E-state index in [0.29, 0.717) is 0 Å². The lowest BCUT2D eigenvalue weighted by atomic mass is 10.8. The van der Waals surface area contributed by atoms with Crippen molar-refractivity contribution in [1.29, 1.82) is 0 Å². The summed E-state index contributed by atoms with van der Waals surface area (Å²) in [6.45, 7) is 0. The monoisotopic (exact) mass is 105 g/mol. The van der Waals surface area contributed by atoms with Gasteiger partial charge < -0.3 is 5.11 Å². The molecule has 1 N–H and O–H groups in total. The molecule has 6 heavy (non-hydrogen) atoms. The van der Waals surface area contributed by atoms with Crippen molar-refractivity contribution >= 4 is 18.0 Å². The standard InChI is InChI=1S/C3H5O2S/c1-6-3(5)2-4/h3,5H,1H3. The summed E-state index contributed by atoms with van der Waals surface area (Å²) in [5, 5.41) is 8.21. The van der Waals surface area contributed by atoms with Gasteiger partial charge >= 0.3 is 0 Å². The van der Waals surface area contributed by atoms with Crippen molar-refractivity contribution in [1.82, 2.24) is 0 Å². The maximum absolute atomic E-state index is 9.34. The van der Waals surface area contributed by atoms with Gasteiger partial charge in [0.15, 0.2) is 5.44 Å². The summed E-state index contributed by atoms with van der Waals surface area (Å²) < 4.78 is 0. The topological polar surface area (TPSA) is 37.3 Å². The second-order valence-electron chi connectivity index (χ2n) is 0.706. The Hall–Kier alpha value is -0.0200. The fraction of sp³-hybridized carbons (Fsp3) is 0.667. The van der Waals surface area contributed by atoms with Crippen LogP contribution in [0.5, 0.6) is 0 Å². The Bertz CT molecular complexity index is 46.1. The minimum absolute atomic E-state index is 0.954. The molecule has 3 heteroatoms. The van der Waals surface area contributed by atoms with Gasteiger partial charge in [-0.1, -0.05) is 0 Å². The number of thioether (sulfide) groups is 1. The highest BCUT2D eigenvalue weighted by atomic mass is 32.2. The average Bonchev–Trinajstić information content (AvgIpc) is 1.65. The Kier molecular flexibility index (Phi) is 3.17. The van der Waals surface area contributed by atoms with Crippen LogP contribution in [0.3, 0.4) is 0 Å². The summed E-state index contributed by atoms with van der Waals surface area (Å²) in [7, 11) is 0. The van der Waals surface area contributed by atoms with E-state index in [4.69, 9.17) is 5.11 Å². The normalized spacial score (nSPS) is 13.7. The van der Waals surface area contributed by atoms with Gasteiger partial charge in [0, 0.05) is 0 Å². The average molecular weight is 105 g/mol. The van der Waals surface area contributed by atoms with Gasteiger partial charge in [-0.3, -0.25) is 4.79 Å². The van der Waals surface area contributed by atoms with E-state index in [2.05, 4.69) is 0 Å². The van der Waals surface area contributed by atoms with E-state index in [1.165, 1.54) is 6.29 Å². The number of aliphatic hydroxyl groups is 1. The summed E-state index contributed by atoms with van der Waals surface area (Å²) >= 11 is 1.06. The van der Waals surface area contributed by atoms with Gasteiger partial charge in [0.05, 0.1) is 0 Å².